The summed E-state index contributed by atoms with van der Waals surface area (Å²) in [7, 11) is 0. The summed E-state index contributed by atoms with van der Waals surface area (Å²) < 4.78 is 0. The van der Waals surface area contributed by atoms with Gasteiger partial charge in [0.15, 0.2) is 0 Å². The Bertz CT molecular complexity index is 422. The third-order valence-electron chi connectivity index (χ3n) is 4.22. The number of aromatic nitrogens is 2. The summed E-state index contributed by atoms with van der Waals surface area (Å²) in [4.78, 5) is 9.50. The summed E-state index contributed by atoms with van der Waals surface area (Å²) in [5, 5.41) is 3.45. The van der Waals surface area contributed by atoms with Gasteiger partial charge < -0.3 is 11.1 Å². The van der Waals surface area contributed by atoms with E-state index in [0.29, 0.717) is 11.8 Å². The zero-order chi connectivity index (χ0) is 13.1. The molecular formula is C15H24N4. The lowest BCUT2D eigenvalue weighted by Gasteiger charge is -2.14. The molecule has 0 saturated heterocycles. The number of hydrogen-bond donors (Lipinski definition) is 2. The maximum Gasteiger partial charge on any atom is 0.131 e. The number of hydrogen-bond acceptors (Lipinski definition) is 4. The van der Waals surface area contributed by atoms with E-state index >= 15 is 0 Å². The molecule has 0 radical (unpaired) electrons. The molecule has 0 aliphatic heterocycles. The predicted molar refractivity (Wildman–Crippen MR) is 77.4 cm³/mol. The van der Waals surface area contributed by atoms with Crippen molar-refractivity contribution in [3.63, 3.8) is 0 Å². The Labute approximate surface area is 115 Å². The lowest BCUT2D eigenvalue weighted by Crippen LogP contribution is -2.12. The first kappa shape index (κ1) is 12.9. The zero-order valence-electron chi connectivity index (χ0n) is 11.6. The summed E-state index contributed by atoms with van der Waals surface area (Å²) in [5.74, 6) is 2.36. The fourth-order valence-corrected chi connectivity index (χ4v) is 2.92. The Kier molecular flexibility index (Phi) is 3.97. The van der Waals surface area contributed by atoms with Crippen LogP contribution in [0.1, 0.15) is 68.3 Å². The van der Waals surface area contributed by atoms with Gasteiger partial charge in [0.05, 0.1) is 17.6 Å². The number of nitrogens with one attached hydrogen (secondary N) is 1. The lowest BCUT2D eigenvalue weighted by atomic mass is 10.1. The van der Waals surface area contributed by atoms with Crippen LogP contribution in [0.5, 0.6) is 0 Å². The van der Waals surface area contributed by atoms with Crippen LogP contribution in [0.2, 0.25) is 0 Å². The predicted octanol–water partition coefficient (Wildman–Crippen LogP) is 2.77. The molecule has 2 saturated carbocycles. The van der Waals surface area contributed by atoms with Crippen molar-refractivity contribution >= 4 is 5.69 Å². The highest BCUT2D eigenvalue weighted by molar-refractivity contribution is 5.49. The van der Waals surface area contributed by atoms with Crippen LogP contribution in [-0.4, -0.2) is 23.1 Å². The smallest absolute Gasteiger partial charge is 0.131 e. The molecule has 1 aromatic rings. The van der Waals surface area contributed by atoms with Gasteiger partial charge in [0.25, 0.3) is 0 Å². The van der Waals surface area contributed by atoms with Crippen LogP contribution in [0.15, 0.2) is 6.20 Å². The van der Waals surface area contributed by atoms with Crippen molar-refractivity contribution in [1.82, 2.24) is 9.97 Å². The summed E-state index contributed by atoms with van der Waals surface area (Å²) in [6, 6.07) is 0. The van der Waals surface area contributed by atoms with Crippen LogP contribution in [0.25, 0.3) is 0 Å². The van der Waals surface area contributed by atoms with Crippen LogP contribution < -0.4 is 11.1 Å². The van der Waals surface area contributed by atoms with E-state index in [1.54, 1.807) is 0 Å². The summed E-state index contributed by atoms with van der Waals surface area (Å²) in [6.07, 6.45) is 10.8. The van der Waals surface area contributed by atoms with E-state index in [4.69, 9.17) is 10.7 Å². The van der Waals surface area contributed by atoms with Crippen molar-refractivity contribution in [3.05, 3.63) is 17.7 Å². The third-order valence-corrected chi connectivity index (χ3v) is 4.22. The topological polar surface area (TPSA) is 63.8 Å². The van der Waals surface area contributed by atoms with E-state index in [2.05, 4.69) is 10.3 Å². The lowest BCUT2D eigenvalue weighted by molar-refractivity contribution is 0.660. The Morgan fingerprint density at radius 3 is 2.63 bits per heavy atom. The van der Waals surface area contributed by atoms with Crippen molar-refractivity contribution in [3.8, 4) is 0 Å². The number of rotatable bonds is 6. The largest absolute Gasteiger partial charge is 0.382 e. The van der Waals surface area contributed by atoms with E-state index in [-0.39, 0.29) is 0 Å². The quantitative estimate of drug-likeness (QED) is 0.772. The molecule has 0 spiro atoms. The average molecular weight is 260 g/mol. The molecule has 1 heterocycles. The molecule has 1 aromatic heterocycles. The molecule has 2 aliphatic rings. The molecule has 0 unspecified atom stereocenters. The molecule has 0 amide bonds. The van der Waals surface area contributed by atoms with Gasteiger partial charge in [-0.2, -0.15) is 0 Å². The van der Waals surface area contributed by atoms with Crippen molar-refractivity contribution in [2.45, 2.75) is 56.8 Å². The number of nitrogens with two attached hydrogens (primary N) is 1. The van der Waals surface area contributed by atoms with Gasteiger partial charge >= 0.3 is 0 Å². The summed E-state index contributed by atoms with van der Waals surface area (Å²) >= 11 is 0. The van der Waals surface area contributed by atoms with Crippen LogP contribution in [0, 0.1) is 0 Å². The van der Waals surface area contributed by atoms with Gasteiger partial charge in [-0.1, -0.05) is 12.8 Å². The van der Waals surface area contributed by atoms with E-state index < -0.39 is 0 Å². The Morgan fingerprint density at radius 1 is 1.16 bits per heavy atom. The highest BCUT2D eigenvalue weighted by Gasteiger charge is 2.29. The third kappa shape index (κ3) is 3.06. The standard InChI is InChI=1S/C15H24N4/c16-8-3-9-17-13-10-18-15(12-4-1-2-5-12)19-14(13)11-6-7-11/h10-12,17H,1-9,16H2. The first-order chi connectivity index (χ1) is 9.38. The second-order valence-electron chi connectivity index (χ2n) is 5.85. The molecule has 19 heavy (non-hydrogen) atoms. The zero-order valence-corrected chi connectivity index (χ0v) is 11.6. The van der Waals surface area contributed by atoms with Crippen molar-refractivity contribution in [1.29, 1.82) is 0 Å². The monoisotopic (exact) mass is 260 g/mol. The minimum absolute atomic E-state index is 0.607. The fourth-order valence-electron chi connectivity index (χ4n) is 2.92. The first-order valence-electron chi connectivity index (χ1n) is 7.69. The number of nitrogens with zero attached hydrogens (tertiary/aromatic N) is 2. The second kappa shape index (κ2) is 5.87. The van der Waals surface area contributed by atoms with Crippen LogP contribution in [-0.2, 0) is 0 Å². The molecule has 2 fully saturated rings. The Morgan fingerprint density at radius 2 is 1.95 bits per heavy atom. The summed E-state index contributed by atoms with van der Waals surface area (Å²) in [5.41, 5.74) is 7.93. The number of anilines is 1. The van der Waals surface area contributed by atoms with Crippen molar-refractivity contribution < 1.29 is 0 Å². The molecule has 0 bridgehead atoms. The molecule has 104 valence electrons. The van der Waals surface area contributed by atoms with Gasteiger partial charge in [0.1, 0.15) is 5.82 Å². The van der Waals surface area contributed by atoms with Crippen LogP contribution in [0.4, 0.5) is 5.69 Å². The highest BCUT2D eigenvalue weighted by Crippen LogP contribution is 2.43. The maximum atomic E-state index is 5.54. The average Bonchev–Trinajstić information content (AvgIpc) is 3.14. The minimum Gasteiger partial charge on any atom is -0.382 e. The van der Waals surface area contributed by atoms with E-state index in [9.17, 15) is 0 Å². The van der Waals surface area contributed by atoms with Gasteiger partial charge in [0.2, 0.25) is 0 Å². The van der Waals surface area contributed by atoms with Crippen molar-refractivity contribution in [2.24, 2.45) is 5.73 Å². The van der Waals surface area contributed by atoms with Gasteiger partial charge in [-0.3, -0.25) is 0 Å². The normalized spacial score (nSPS) is 19.8. The van der Waals surface area contributed by atoms with Crippen LogP contribution >= 0.6 is 0 Å². The van der Waals surface area contributed by atoms with Gasteiger partial charge in [-0.25, -0.2) is 9.97 Å². The van der Waals surface area contributed by atoms with Gasteiger partial charge in [-0.05, 0) is 38.6 Å². The van der Waals surface area contributed by atoms with Gasteiger partial charge in [-0.15, -0.1) is 0 Å². The molecule has 0 aromatic carbocycles. The second-order valence-corrected chi connectivity index (χ2v) is 5.85. The van der Waals surface area contributed by atoms with Crippen LogP contribution in [0.3, 0.4) is 0 Å². The van der Waals surface area contributed by atoms with E-state index in [1.165, 1.54) is 44.2 Å². The first-order valence-corrected chi connectivity index (χ1v) is 7.69. The van der Waals surface area contributed by atoms with Gasteiger partial charge in [0, 0.05) is 18.4 Å². The molecular weight excluding hydrogens is 236 g/mol. The molecule has 0 atom stereocenters. The molecule has 4 nitrogen and oxygen atoms in total. The summed E-state index contributed by atoms with van der Waals surface area (Å²) in [6.45, 7) is 1.65. The Balaban J connectivity index is 1.76. The molecule has 4 heteroatoms. The SMILES string of the molecule is NCCCNc1cnc(C2CCCC2)nc1C1CC1. The fraction of sp³-hybridized carbons (Fsp3) is 0.733. The molecule has 2 aliphatic carbocycles. The Hall–Kier alpha value is -1.16. The maximum absolute atomic E-state index is 5.54. The van der Waals surface area contributed by atoms with E-state index in [0.717, 1.165) is 31.0 Å². The molecule has 3 rings (SSSR count). The van der Waals surface area contributed by atoms with Crippen molar-refractivity contribution in [2.75, 3.05) is 18.4 Å². The minimum atomic E-state index is 0.607. The van der Waals surface area contributed by atoms with E-state index in [1.807, 2.05) is 6.20 Å². The highest BCUT2D eigenvalue weighted by atomic mass is 15.0. The molecule has 3 N–H and O–H groups in total.